The van der Waals surface area contributed by atoms with Crippen molar-refractivity contribution in [1.29, 1.82) is 0 Å². The minimum atomic E-state index is -0.0208. The number of rotatable bonds is 4. The van der Waals surface area contributed by atoms with Gasteiger partial charge in [-0.2, -0.15) is 0 Å². The lowest BCUT2D eigenvalue weighted by atomic mass is 10.1. The third-order valence-corrected chi connectivity index (χ3v) is 5.17. The number of amides is 1. The Kier molecular flexibility index (Phi) is 3.75. The summed E-state index contributed by atoms with van der Waals surface area (Å²) in [4.78, 5) is 22.2. The van der Waals surface area contributed by atoms with Crippen LogP contribution in [0.2, 0.25) is 0 Å². The Morgan fingerprint density at radius 3 is 3.26 bits per heavy atom. The van der Waals surface area contributed by atoms with E-state index in [0.29, 0.717) is 18.2 Å². The number of nitrogens with zero attached hydrogens (tertiary/aromatic N) is 2. The molecule has 1 aliphatic heterocycles. The summed E-state index contributed by atoms with van der Waals surface area (Å²) in [5.41, 5.74) is 1.68. The van der Waals surface area contributed by atoms with Gasteiger partial charge in [0.1, 0.15) is 0 Å². The minimum Gasteiger partial charge on any atom is -0.361 e. The zero-order valence-electron chi connectivity index (χ0n) is 12.7. The van der Waals surface area contributed by atoms with Gasteiger partial charge in [-0.25, -0.2) is 4.98 Å². The Labute approximate surface area is 138 Å². The summed E-state index contributed by atoms with van der Waals surface area (Å²) in [5.74, 6) is -0.0208. The summed E-state index contributed by atoms with van der Waals surface area (Å²) >= 11 is 1.65. The average Bonchev–Trinajstić information content (AvgIpc) is 3.31. The van der Waals surface area contributed by atoms with E-state index >= 15 is 0 Å². The second-order valence-corrected chi connectivity index (χ2v) is 6.67. The first-order chi connectivity index (χ1) is 11.3. The number of hydrogen-bond donors (Lipinski definition) is 2. The Hall–Kier alpha value is -2.34. The molecule has 1 fully saturated rings. The number of fused-ring (bicyclic) bond motifs is 1. The molecule has 1 unspecified atom stereocenters. The van der Waals surface area contributed by atoms with Crippen LogP contribution in [-0.2, 0) is 0 Å². The number of hydrogen-bond acceptors (Lipinski definition) is 4. The summed E-state index contributed by atoms with van der Waals surface area (Å²) in [5, 5.41) is 7.24. The number of aromatic nitrogens is 2. The van der Waals surface area contributed by atoms with Gasteiger partial charge in [-0.1, -0.05) is 6.07 Å². The molecule has 5 nitrogen and oxygen atoms in total. The molecule has 1 amide bonds. The highest BCUT2D eigenvalue weighted by Gasteiger charge is 2.26. The maximum absolute atomic E-state index is 12.4. The minimum absolute atomic E-state index is 0.0208. The van der Waals surface area contributed by atoms with Gasteiger partial charge in [0, 0.05) is 48.0 Å². The molecule has 3 heterocycles. The number of aromatic amines is 1. The van der Waals surface area contributed by atoms with Crippen LogP contribution in [0.5, 0.6) is 0 Å². The maximum atomic E-state index is 12.4. The van der Waals surface area contributed by atoms with Gasteiger partial charge in [0.05, 0.1) is 0 Å². The molecule has 0 aliphatic carbocycles. The van der Waals surface area contributed by atoms with Crippen LogP contribution in [0.3, 0.4) is 0 Å². The number of thiazole rings is 1. The molecule has 2 aromatic heterocycles. The molecule has 0 radical (unpaired) electrons. The van der Waals surface area contributed by atoms with Crippen molar-refractivity contribution >= 4 is 33.3 Å². The van der Waals surface area contributed by atoms with E-state index in [1.165, 1.54) is 0 Å². The first-order valence-electron chi connectivity index (χ1n) is 7.83. The number of anilines is 1. The molecule has 1 aliphatic rings. The van der Waals surface area contributed by atoms with E-state index in [1.54, 1.807) is 11.3 Å². The van der Waals surface area contributed by atoms with Crippen molar-refractivity contribution in [3.8, 4) is 0 Å². The van der Waals surface area contributed by atoms with Crippen molar-refractivity contribution in [2.75, 3.05) is 18.0 Å². The fraction of sp³-hybridized carbons (Fsp3) is 0.294. The second-order valence-electron chi connectivity index (χ2n) is 5.79. The van der Waals surface area contributed by atoms with Gasteiger partial charge in [0.15, 0.2) is 5.13 Å². The van der Waals surface area contributed by atoms with E-state index in [1.807, 2.05) is 42.0 Å². The molecule has 6 heteroatoms. The topological polar surface area (TPSA) is 61.0 Å². The largest absolute Gasteiger partial charge is 0.361 e. The van der Waals surface area contributed by atoms with Crippen molar-refractivity contribution in [2.45, 2.75) is 18.9 Å². The molecular weight excluding hydrogens is 308 g/mol. The molecule has 4 rings (SSSR count). The Bertz CT molecular complexity index is 811. The fourth-order valence-electron chi connectivity index (χ4n) is 3.16. The zero-order chi connectivity index (χ0) is 15.6. The molecule has 1 atom stereocenters. The van der Waals surface area contributed by atoms with Crippen molar-refractivity contribution in [2.24, 2.45) is 0 Å². The van der Waals surface area contributed by atoms with Crippen LogP contribution in [0.25, 0.3) is 10.9 Å². The van der Waals surface area contributed by atoms with E-state index in [2.05, 4.69) is 20.2 Å². The van der Waals surface area contributed by atoms with E-state index in [0.717, 1.165) is 35.4 Å². The van der Waals surface area contributed by atoms with Crippen LogP contribution >= 0.6 is 11.3 Å². The summed E-state index contributed by atoms with van der Waals surface area (Å²) in [6.07, 6.45) is 5.96. The van der Waals surface area contributed by atoms with Crippen LogP contribution in [0.4, 0.5) is 5.13 Å². The van der Waals surface area contributed by atoms with Crippen molar-refractivity contribution in [3.63, 3.8) is 0 Å². The summed E-state index contributed by atoms with van der Waals surface area (Å²) < 4.78 is 0. The molecule has 0 spiro atoms. The molecular formula is C17H18N4OS. The van der Waals surface area contributed by atoms with Gasteiger partial charge >= 0.3 is 0 Å². The normalized spacial score (nSPS) is 17.7. The van der Waals surface area contributed by atoms with E-state index < -0.39 is 0 Å². The Balaban J connectivity index is 1.42. The van der Waals surface area contributed by atoms with Crippen molar-refractivity contribution in [1.82, 2.24) is 15.3 Å². The smallest absolute Gasteiger partial charge is 0.251 e. The maximum Gasteiger partial charge on any atom is 0.251 e. The van der Waals surface area contributed by atoms with Crippen LogP contribution in [0, 0.1) is 0 Å². The highest BCUT2D eigenvalue weighted by atomic mass is 32.1. The van der Waals surface area contributed by atoms with E-state index in [9.17, 15) is 4.79 Å². The summed E-state index contributed by atoms with van der Waals surface area (Å²) in [6.45, 7) is 1.67. The lowest BCUT2D eigenvalue weighted by Crippen LogP contribution is -2.40. The monoisotopic (exact) mass is 326 g/mol. The third-order valence-electron chi connectivity index (χ3n) is 4.36. The molecule has 1 saturated heterocycles. The molecule has 118 valence electrons. The van der Waals surface area contributed by atoms with Gasteiger partial charge in [-0.15, -0.1) is 11.3 Å². The van der Waals surface area contributed by atoms with Crippen LogP contribution in [0.15, 0.2) is 42.0 Å². The molecule has 0 saturated carbocycles. The number of nitrogens with one attached hydrogen (secondary N) is 2. The Morgan fingerprint density at radius 2 is 2.39 bits per heavy atom. The fourth-order valence-corrected chi connectivity index (χ4v) is 3.90. The lowest BCUT2D eigenvalue weighted by molar-refractivity contribution is 0.0951. The first kappa shape index (κ1) is 14.3. The average molecular weight is 326 g/mol. The Morgan fingerprint density at radius 1 is 1.43 bits per heavy atom. The predicted molar refractivity (Wildman–Crippen MR) is 93.1 cm³/mol. The van der Waals surface area contributed by atoms with E-state index in [-0.39, 0.29) is 5.91 Å². The predicted octanol–water partition coefficient (Wildman–Crippen LogP) is 3.02. The standard InChI is InChI=1S/C17H18N4OS/c22-16(13-4-3-12-5-6-18-15(12)10-13)20-11-14-2-1-8-21(14)17-19-7-9-23-17/h3-7,9-10,14,18H,1-2,8,11H2,(H,20,22). The molecule has 2 N–H and O–H groups in total. The van der Waals surface area contributed by atoms with Gasteiger partial charge in [-0.3, -0.25) is 4.79 Å². The molecule has 1 aromatic carbocycles. The van der Waals surface area contributed by atoms with Gasteiger partial charge in [0.25, 0.3) is 5.91 Å². The zero-order valence-corrected chi connectivity index (χ0v) is 13.5. The van der Waals surface area contributed by atoms with Crippen LogP contribution in [-0.4, -0.2) is 35.0 Å². The number of carbonyl (C=O) groups excluding carboxylic acids is 1. The van der Waals surface area contributed by atoms with Crippen molar-refractivity contribution in [3.05, 3.63) is 47.6 Å². The SMILES string of the molecule is O=C(NCC1CCCN1c1nccs1)c1ccc2cc[nH]c2c1. The van der Waals surface area contributed by atoms with Crippen LogP contribution < -0.4 is 10.2 Å². The van der Waals surface area contributed by atoms with Gasteiger partial charge in [-0.05, 0) is 36.4 Å². The molecule has 3 aromatic rings. The summed E-state index contributed by atoms with van der Waals surface area (Å²) in [7, 11) is 0. The second kappa shape index (κ2) is 6.04. The van der Waals surface area contributed by atoms with Gasteiger partial charge < -0.3 is 15.2 Å². The highest BCUT2D eigenvalue weighted by molar-refractivity contribution is 7.13. The van der Waals surface area contributed by atoms with Crippen LogP contribution in [0.1, 0.15) is 23.2 Å². The molecule has 0 bridgehead atoms. The van der Waals surface area contributed by atoms with Crippen molar-refractivity contribution < 1.29 is 4.79 Å². The first-order valence-corrected chi connectivity index (χ1v) is 8.71. The third kappa shape index (κ3) is 2.82. The highest BCUT2D eigenvalue weighted by Crippen LogP contribution is 2.26. The van der Waals surface area contributed by atoms with Gasteiger partial charge in [0.2, 0.25) is 0 Å². The number of H-pyrrole nitrogens is 1. The van der Waals surface area contributed by atoms with E-state index in [4.69, 9.17) is 0 Å². The quantitative estimate of drug-likeness (QED) is 0.775. The number of carbonyl (C=O) groups is 1. The lowest BCUT2D eigenvalue weighted by Gasteiger charge is -2.24. The molecule has 23 heavy (non-hydrogen) atoms. The summed E-state index contributed by atoms with van der Waals surface area (Å²) in [6, 6.07) is 8.08. The number of benzene rings is 1.